The molecule has 2 rings (SSSR count). The summed E-state index contributed by atoms with van der Waals surface area (Å²) in [7, 11) is 0. The van der Waals surface area contributed by atoms with Gasteiger partial charge >= 0.3 is 0 Å². The van der Waals surface area contributed by atoms with E-state index in [4.69, 9.17) is 0 Å². The highest BCUT2D eigenvalue weighted by molar-refractivity contribution is 9.10. The van der Waals surface area contributed by atoms with Crippen LogP contribution >= 0.6 is 27.7 Å². The van der Waals surface area contributed by atoms with Gasteiger partial charge in [-0.1, -0.05) is 12.1 Å². The Morgan fingerprint density at radius 1 is 1.44 bits per heavy atom. The number of nitrogens with one attached hydrogen (secondary N) is 1. The van der Waals surface area contributed by atoms with Crippen LogP contribution in [-0.4, -0.2) is 28.8 Å². The van der Waals surface area contributed by atoms with Gasteiger partial charge in [-0.2, -0.15) is 11.8 Å². The Labute approximate surface area is 109 Å². The van der Waals surface area contributed by atoms with Crippen LogP contribution in [-0.2, 0) is 0 Å². The molecule has 1 atom stereocenters. The Morgan fingerprint density at radius 2 is 2.25 bits per heavy atom. The summed E-state index contributed by atoms with van der Waals surface area (Å²) >= 11 is 5.44. The lowest BCUT2D eigenvalue weighted by Gasteiger charge is -2.37. The number of hydrogen-bond donors (Lipinski definition) is 2. The minimum Gasteiger partial charge on any atom is -0.394 e. The van der Waals surface area contributed by atoms with Gasteiger partial charge in [0.2, 0.25) is 0 Å². The summed E-state index contributed by atoms with van der Waals surface area (Å²) < 4.78 is 1.05. The molecular weight excluding hydrogens is 286 g/mol. The molecule has 1 aromatic rings. The second-order valence-corrected chi connectivity index (χ2v) is 6.16. The van der Waals surface area contributed by atoms with E-state index < -0.39 is 0 Å². The maximum atomic E-state index is 9.60. The smallest absolute Gasteiger partial charge is 0.0694 e. The Balaban J connectivity index is 2.15. The zero-order valence-corrected chi connectivity index (χ0v) is 11.5. The molecule has 2 N–H and O–H groups in total. The first-order valence-corrected chi connectivity index (χ1v) is 7.42. The molecule has 0 aliphatic carbocycles. The third-order valence-electron chi connectivity index (χ3n) is 2.90. The van der Waals surface area contributed by atoms with Crippen LogP contribution in [0.25, 0.3) is 0 Å². The lowest BCUT2D eigenvalue weighted by Crippen LogP contribution is -2.46. The van der Waals surface area contributed by atoms with Crippen LogP contribution in [0, 0.1) is 0 Å². The molecule has 2 nitrogen and oxygen atoms in total. The maximum absolute atomic E-state index is 9.60. The highest BCUT2D eigenvalue weighted by Crippen LogP contribution is 2.32. The predicted octanol–water partition coefficient (Wildman–Crippen LogP) is 3.12. The molecule has 1 aliphatic heterocycles. The van der Waals surface area contributed by atoms with Gasteiger partial charge in [-0.15, -0.1) is 0 Å². The summed E-state index contributed by atoms with van der Waals surface area (Å²) in [6.45, 7) is 0.196. The molecule has 4 heteroatoms. The van der Waals surface area contributed by atoms with Crippen molar-refractivity contribution in [1.29, 1.82) is 0 Å². The van der Waals surface area contributed by atoms with E-state index in [1.165, 1.54) is 12.2 Å². The van der Waals surface area contributed by atoms with Gasteiger partial charge in [0.1, 0.15) is 0 Å². The minimum atomic E-state index is -0.146. The van der Waals surface area contributed by atoms with Crippen LogP contribution in [0.15, 0.2) is 28.7 Å². The second kappa shape index (κ2) is 5.43. The van der Waals surface area contributed by atoms with Gasteiger partial charge in [-0.25, -0.2) is 0 Å². The van der Waals surface area contributed by atoms with Crippen LogP contribution in [0.3, 0.4) is 0 Å². The molecule has 1 fully saturated rings. The Hall–Kier alpha value is -0.190. The largest absolute Gasteiger partial charge is 0.394 e. The molecule has 0 radical (unpaired) electrons. The summed E-state index contributed by atoms with van der Waals surface area (Å²) in [5.74, 6) is 2.18. The average molecular weight is 302 g/mol. The molecule has 16 heavy (non-hydrogen) atoms. The van der Waals surface area contributed by atoms with Gasteiger partial charge in [-0.3, -0.25) is 0 Å². The molecule has 0 amide bonds. The number of para-hydroxylation sites is 1. The molecule has 0 spiro atoms. The van der Waals surface area contributed by atoms with Crippen LogP contribution in [0.5, 0.6) is 0 Å². The van der Waals surface area contributed by atoms with Gasteiger partial charge < -0.3 is 10.4 Å². The average Bonchev–Trinajstić information content (AvgIpc) is 2.33. The number of rotatable bonds is 3. The molecule has 1 aliphatic rings. The first-order valence-electron chi connectivity index (χ1n) is 5.47. The molecule has 1 aromatic carbocycles. The van der Waals surface area contributed by atoms with Crippen molar-refractivity contribution in [2.24, 2.45) is 0 Å². The van der Waals surface area contributed by atoms with E-state index in [0.717, 1.165) is 22.3 Å². The van der Waals surface area contributed by atoms with E-state index in [2.05, 4.69) is 21.2 Å². The number of hydrogen-bond acceptors (Lipinski definition) is 3. The van der Waals surface area contributed by atoms with Crippen molar-refractivity contribution in [2.75, 3.05) is 23.4 Å². The molecule has 0 bridgehead atoms. The quantitative estimate of drug-likeness (QED) is 0.900. The van der Waals surface area contributed by atoms with Crippen LogP contribution in [0.2, 0.25) is 0 Å². The SMILES string of the molecule is OCC1(Nc2ccccc2Br)CCCSC1. The van der Waals surface area contributed by atoms with E-state index >= 15 is 0 Å². The number of halogens is 1. The van der Waals surface area contributed by atoms with E-state index in [-0.39, 0.29) is 12.1 Å². The van der Waals surface area contributed by atoms with E-state index in [1.54, 1.807) is 0 Å². The van der Waals surface area contributed by atoms with Gasteiger partial charge in [0, 0.05) is 15.9 Å². The van der Waals surface area contributed by atoms with Crippen LogP contribution < -0.4 is 5.32 Å². The molecule has 1 heterocycles. The van der Waals surface area contributed by atoms with Crippen molar-refractivity contribution in [1.82, 2.24) is 0 Å². The first-order chi connectivity index (χ1) is 7.76. The fourth-order valence-corrected chi connectivity index (χ4v) is 3.54. The predicted molar refractivity (Wildman–Crippen MR) is 74.1 cm³/mol. The Kier molecular flexibility index (Phi) is 4.16. The van der Waals surface area contributed by atoms with Gasteiger partial charge in [0.25, 0.3) is 0 Å². The van der Waals surface area contributed by atoms with E-state index in [1.807, 2.05) is 36.0 Å². The first kappa shape index (κ1) is 12.3. The minimum absolute atomic E-state index is 0.146. The third-order valence-corrected chi connectivity index (χ3v) is 4.92. The molecule has 1 saturated heterocycles. The fraction of sp³-hybridized carbons (Fsp3) is 0.500. The second-order valence-electron chi connectivity index (χ2n) is 4.20. The van der Waals surface area contributed by atoms with Crippen molar-refractivity contribution in [3.8, 4) is 0 Å². The monoisotopic (exact) mass is 301 g/mol. The van der Waals surface area contributed by atoms with Gasteiger partial charge in [-0.05, 0) is 46.7 Å². The lowest BCUT2D eigenvalue weighted by atomic mass is 9.96. The number of aliphatic hydroxyl groups excluding tert-OH is 1. The van der Waals surface area contributed by atoms with Crippen LogP contribution in [0.1, 0.15) is 12.8 Å². The van der Waals surface area contributed by atoms with Crippen molar-refractivity contribution in [2.45, 2.75) is 18.4 Å². The highest BCUT2D eigenvalue weighted by atomic mass is 79.9. The summed E-state index contributed by atoms with van der Waals surface area (Å²) in [6.07, 6.45) is 2.21. The van der Waals surface area contributed by atoms with E-state index in [9.17, 15) is 5.11 Å². The Morgan fingerprint density at radius 3 is 2.88 bits per heavy atom. The summed E-state index contributed by atoms with van der Waals surface area (Å²) in [5, 5.41) is 13.1. The lowest BCUT2D eigenvalue weighted by molar-refractivity contribution is 0.215. The zero-order valence-electron chi connectivity index (χ0n) is 9.08. The van der Waals surface area contributed by atoms with Crippen molar-refractivity contribution < 1.29 is 5.11 Å². The topological polar surface area (TPSA) is 32.3 Å². The summed E-state index contributed by atoms with van der Waals surface area (Å²) in [4.78, 5) is 0. The number of anilines is 1. The Bertz CT molecular complexity index is 353. The number of benzene rings is 1. The molecule has 1 unspecified atom stereocenters. The van der Waals surface area contributed by atoms with Crippen molar-refractivity contribution in [3.63, 3.8) is 0 Å². The molecule has 88 valence electrons. The van der Waals surface area contributed by atoms with E-state index in [0.29, 0.717) is 0 Å². The van der Waals surface area contributed by atoms with Gasteiger partial charge in [0.15, 0.2) is 0 Å². The molecule has 0 saturated carbocycles. The van der Waals surface area contributed by atoms with Crippen LogP contribution in [0.4, 0.5) is 5.69 Å². The highest BCUT2D eigenvalue weighted by Gasteiger charge is 2.31. The number of aliphatic hydroxyl groups is 1. The summed E-state index contributed by atoms with van der Waals surface area (Å²) in [6, 6.07) is 8.06. The standard InChI is InChI=1S/C12H16BrNOS/c13-10-4-1-2-5-11(10)14-12(8-15)6-3-7-16-9-12/h1-2,4-5,14-15H,3,6-9H2. The maximum Gasteiger partial charge on any atom is 0.0694 e. The summed E-state index contributed by atoms with van der Waals surface area (Å²) in [5.41, 5.74) is 0.923. The third kappa shape index (κ3) is 2.73. The van der Waals surface area contributed by atoms with Crippen molar-refractivity contribution in [3.05, 3.63) is 28.7 Å². The normalized spacial score (nSPS) is 25.4. The molecular formula is C12H16BrNOS. The fourth-order valence-electron chi connectivity index (χ4n) is 1.96. The molecule has 0 aromatic heterocycles. The zero-order chi connectivity index (χ0) is 11.4. The van der Waals surface area contributed by atoms with Gasteiger partial charge in [0.05, 0.1) is 12.1 Å². The van der Waals surface area contributed by atoms with Crippen molar-refractivity contribution >= 4 is 33.4 Å². The number of thioether (sulfide) groups is 1.